The van der Waals surface area contributed by atoms with Crippen LogP contribution in [0.4, 0.5) is 10.1 Å². The summed E-state index contributed by atoms with van der Waals surface area (Å²) in [6, 6.07) is 5.73. The van der Waals surface area contributed by atoms with Gasteiger partial charge in [0.2, 0.25) is 0 Å². The van der Waals surface area contributed by atoms with Crippen LogP contribution in [0.25, 0.3) is 0 Å². The van der Waals surface area contributed by atoms with Crippen LogP contribution < -0.4 is 10.6 Å². The second kappa shape index (κ2) is 3.74. The SMILES string of the molecule is NCC1CCN2c3ccc(F)cc3CC2C1. The smallest absolute Gasteiger partial charge is 0.123 e. The summed E-state index contributed by atoms with van der Waals surface area (Å²) in [5.74, 6) is 0.536. The molecule has 2 aliphatic rings. The summed E-state index contributed by atoms with van der Waals surface area (Å²) >= 11 is 0. The van der Waals surface area contributed by atoms with Gasteiger partial charge in [0, 0.05) is 18.3 Å². The molecular weight excluding hydrogens is 203 g/mol. The highest BCUT2D eigenvalue weighted by Crippen LogP contribution is 2.38. The van der Waals surface area contributed by atoms with Crippen LogP contribution in [-0.2, 0) is 6.42 Å². The van der Waals surface area contributed by atoms with Crippen LogP contribution in [0.15, 0.2) is 18.2 Å². The number of hydrogen-bond acceptors (Lipinski definition) is 2. The Morgan fingerprint density at radius 3 is 3.12 bits per heavy atom. The van der Waals surface area contributed by atoms with E-state index in [0.29, 0.717) is 12.0 Å². The number of nitrogens with zero attached hydrogens (tertiary/aromatic N) is 1. The Hall–Kier alpha value is -1.09. The molecule has 2 aliphatic heterocycles. The Balaban J connectivity index is 1.87. The molecule has 0 amide bonds. The average Bonchev–Trinajstić information content (AvgIpc) is 2.64. The fourth-order valence-corrected chi connectivity index (χ4v) is 3.11. The molecule has 2 unspecified atom stereocenters. The van der Waals surface area contributed by atoms with E-state index >= 15 is 0 Å². The van der Waals surface area contributed by atoms with Crippen LogP contribution in [0, 0.1) is 11.7 Å². The van der Waals surface area contributed by atoms with Crippen molar-refractivity contribution in [2.75, 3.05) is 18.0 Å². The van der Waals surface area contributed by atoms with Gasteiger partial charge in [-0.1, -0.05) is 0 Å². The number of hydrogen-bond donors (Lipinski definition) is 1. The van der Waals surface area contributed by atoms with E-state index in [-0.39, 0.29) is 5.82 Å². The number of halogens is 1. The Kier molecular flexibility index (Phi) is 2.36. The summed E-state index contributed by atoms with van der Waals surface area (Å²) in [4.78, 5) is 2.43. The lowest BCUT2D eigenvalue weighted by molar-refractivity contribution is 0.357. The normalized spacial score (nSPS) is 27.8. The monoisotopic (exact) mass is 220 g/mol. The zero-order chi connectivity index (χ0) is 11.1. The van der Waals surface area contributed by atoms with E-state index in [1.807, 2.05) is 6.07 Å². The van der Waals surface area contributed by atoms with Gasteiger partial charge in [-0.2, -0.15) is 0 Å². The van der Waals surface area contributed by atoms with Crippen LogP contribution in [0.2, 0.25) is 0 Å². The minimum atomic E-state index is -0.117. The summed E-state index contributed by atoms with van der Waals surface area (Å²) in [6.45, 7) is 1.86. The second-order valence-corrected chi connectivity index (χ2v) is 4.95. The van der Waals surface area contributed by atoms with Gasteiger partial charge in [-0.3, -0.25) is 0 Å². The van der Waals surface area contributed by atoms with Crippen molar-refractivity contribution in [3.63, 3.8) is 0 Å². The highest BCUT2D eigenvalue weighted by molar-refractivity contribution is 5.59. The maximum absolute atomic E-state index is 13.1. The van der Waals surface area contributed by atoms with E-state index in [1.54, 1.807) is 12.1 Å². The van der Waals surface area contributed by atoms with Gasteiger partial charge in [-0.05, 0) is 55.5 Å². The van der Waals surface area contributed by atoms with Gasteiger partial charge >= 0.3 is 0 Å². The number of piperidine rings is 1. The van der Waals surface area contributed by atoms with E-state index in [0.717, 1.165) is 25.9 Å². The zero-order valence-corrected chi connectivity index (χ0v) is 9.32. The highest BCUT2D eigenvalue weighted by Gasteiger charge is 2.34. The maximum atomic E-state index is 13.1. The standard InChI is InChI=1S/C13H17FN2/c14-11-1-2-13-10(6-11)7-12-5-9(8-15)3-4-16(12)13/h1-2,6,9,12H,3-5,7-8,15H2. The molecule has 0 bridgehead atoms. The van der Waals surface area contributed by atoms with Gasteiger partial charge in [0.05, 0.1) is 0 Å². The number of anilines is 1. The molecular formula is C13H17FN2. The maximum Gasteiger partial charge on any atom is 0.123 e. The lowest BCUT2D eigenvalue weighted by Gasteiger charge is -2.36. The van der Waals surface area contributed by atoms with Crippen molar-refractivity contribution in [1.82, 2.24) is 0 Å². The predicted octanol–water partition coefficient (Wildman–Crippen LogP) is 1.93. The molecule has 0 aliphatic carbocycles. The van der Waals surface area contributed by atoms with E-state index in [4.69, 9.17) is 5.73 Å². The fraction of sp³-hybridized carbons (Fsp3) is 0.538. The topological polar surface area (TPSA) is 29.3 Å². The molecule has 1 aromatic carbocycles. The van der Waals surface area contributed by atoms with Crippen LogP contribution >= 0.6 is 0 Å². The Morgan fingerprint density at radius 2 is 2.31 bits per heavy atom. The molecule has 86 valence electrons. The van der Waals surface area contributed by atoms with Gasteiger partial charge < -0.3 is 10.6 Å². The minimum Gasteiger partial charge on any atom is -0.368 e. The highest BCUT2D eigenvalue weighted by atomic mass is 19.1. The van der Waals surface area contributed by atoms with Crippen molar-refractivity contribution >= 4 is 5.69 Å². The third-order valence-corrected chi connectivity index (χ3v) is 3.96. The van der Waals surface area contributed by atoms with Crippen molar-refractivity contribution in [2.45, 2.75) is 25.3 Å². The molecule has 2 nitrogen and oxygen atoms in total. The predicted molar refractivity (Wildman–Crippen MR) is 63.0 cm³/mol. The van der Waals surface area contributed by atoms with Crippen LogP contribution in [0.3, 0.4) is 0 Å². The first-order chi connectivity index (χ1) is 7.78. The molecule has 0 saturated carbocycles. The molecule has 3 rings (SSSR count). The lowest BCUT2D eigenvalue weighted by atomic mass is 9.91. The molecule has 1 aromatic rings. The molecule has 0 spiro atoms. The first-order valence-electron chi connectivity index (χ1n) is 6.03. The molecule has 0 radical (unpaired) electrons. The molecule has 3 heteroatoms. The van der Waals surface area contributed by atoms with E-state index in [9.17, 15) is 4.39 Å². The van der Waals surface area contributed by atoms with Gasteiger partial charge in [-0.25, -0.2) is 4.39 Å². The van der Waals surface area contributed by atoms with Crippen LogP contribution in [0.5, 0.6) is 0 Å². The van der Waals surface area contributed by atoms with E-state index in [2.05, 4.69) is 4.90 Å². The zero-order valence-electron chi connectivity index (χ0n) is 9.32. The summed E-state index contributed by atoms with van der Waals surface area (Å²) in [5, 5.41) is 0. The molecule has 2 heterocycles. The first kappa shape index (κ1) is 10.1. The first-order valence-corrected chi connectivity index (χ1v) is 6.03. The van der Waals surface area contributed by atoms with Crippen molar-refractivity contribution in [3.05, 3.63) is 29.6 Å². The quantitative estimate of drug-likeness (QED) is 0.783. The van der Waals surface area contributed by atoms with Gasteiger partial charge in [0.15, 0.2) is 0 Å². The van der Waals surface area contributed by atoms with E-state index in [1.165, 1.54) is 17.7 Å². The Morgan fingerprint density at radius 1 is 1.44 bits per heavy atom. The second-order valence-electron chi connectivity index (χ2n) is 4.95. The molecule has 1 fully saturated rings. The Labute approximate surface area is 95.2 Å². The van der Waals surface area contributed by atoms with Crippen molar-refractivity contribution < 1.29 is 4.39 Å². The number of fused-ring (bicyclic) bond motifs is 3. The van der Waals surface area contributed by atoms with Crippen molar-refractivity contribution in [3.8, 4) is 0 Å². The number of benzene rings is 1. The summed E-state index contributed by atoms with van der Waals surface area (Å²) in [5.41, 5.74) is 8.14. The van der Waals surface area contributed by atoms with Crippen molar-refractivity contribution in [2.24, 2.45) is 11.7 Å². The fourth-order valence-electron chi connectivity index (χ4n) is 3.11. The molecule has 0 aromatic heterocycles. The lowest BCUT2D eigenvalue weighted by Crippen LogP contribution is -2.41. The third kappa shape index (κ3) is 1.50. The van der Waals surface area contributed by atoms with Gasteiger partial charge in [0.1, 0.15) is 5.82 Å². The molecule has 2 N–H and O–H groups in total. The summed E-state index contributed by atoms with van der Waals surface area (Å²) in [6.07, 6.45) is 3.32. The third-order valence-electron chi connectivity index (χ3n) is 3.96. The number of nitrogens with two attached hydrogens (primary N) is 1. The molecule has 1 saturated heterocycles. The van der Waals surface area contributed by atoms with E-state index < -0.39 is 0 Å². The molecule has 16 heavy (non-hydrogen) atoms. The largest absolute Gasteiger partial charge is 0.368 e. The summed E-state index contributed by atoms with van der Waals surface area (Å²) in [7, 11) is 0. The summed E-state index contributed by atoms with van der Waals surface area (Å²) < 4.78 is 13.1. The Bertz CT molecular complexity index is 405. The van der Waals surface area contributed by atoms with Crippen molar-refractivity contribution in [1.29, 1.82) is 0 Å². The molecule has 2 atom stereocenters. The van der Waals surface area contributed by atoms with Gasteiger partial charge in [0.25, 0.3) is 0 Å². The van der Waals surface area contributed by atoms with Crippen LogP contribution in [-0.4, -0.2) is 19.1 Å². The average molecular weight is 220 g/mol. The van der Waals surface area contributed by atoms with Crippen LogP contribution in [0.1, 0.15) is 18.4 Å². The number of rotatable bonds is 1. The minimum absolute atomic E-state index is 0.117. The van der Waals surface area contributed by atoms with Gasteiger partial charge in [-0.15, -0.1) is 0 Å².